The fourth-order valence-corrected chi connectivity index (χ4v) is 1.84. The van der Waals surface area contributed by atoms with Crippen LogP contribution in [0.25, 0.3) is 0 Å². The van der Waals surface area contributed by atoms with Gasteiger partial charge in [-0.15, -0.1) is 0 Å². The van der Waals surface area contributed by atoms with E-state index in [1.165, 1.54) is 11.1 Å². The first-order chi connectivity index (χ1) is 8.20. The number of H-pyrrole nitrogens is 1. The molecule has 1 aromatic heterocycles. The number of benzene rings is 1. The van der Waals surface area contributed by atoms with Gasteiger partial charge in [-0.2, -0.15) is 5.10 Å². The maximum Gasteiger partial charge on any atom is 0.195 e. The Morgan fingerprint density at radius 1 is 1.35 bits per heavy atom. The van der Waals surface area contributed by atoms with Crippen LogP contribution >= 0.6 is 12.2 Å². The topological polar surface area (TPSA) is 42.8 Å². The van der Waals surface area contributed by atoms with E-state index in [-0.39, 0.29) is 0 Å². The molecule has 0 fully saturated rings. The van der Waals surface area contributed by atoms with E-state index in [2.05, 4.69) is 41.4 Å². The molecule has 90 valence electrons. The lowest BCUT2D eigenvalue weighted by molar-refractivity contribution is 0.174. The van der Waals surface area contributed by atoms with Crippen LogP contribution in [0.15, 0.2) is 24.3 Å². The number of hydrogen-bond donors (Lipinski definition) is 1. The van der Waals surface area contributed by atoms with Gasteiger partial charge in [0.2, 0.25) is 0 Å². The summed E-state index contributed by atoms with van der Waals surface area (Å²) in [7, 11) is 1.65. The number of nitrogens with one attached hydrogen (secondary N) is 1. The summed E-state index contributed by atoms with van der Waals surface area (Å²) in [6.07, 6.45) is 0. The highest BCUT2D eigenvalue weighted by Crippen LogP contribution is 2.08. The van der Waals surface area contributed by atoms with E-state index in [4.69, 9.17) is 17.0 Å². The van der Waals surface area contributed by atoms with Crippen molar-refractivity contribution in [2.75, 3.05) is 7.11 Å². The van der Waals surface area contributed by atoms with Gasteiger partial charge >= 0.3 is 0 Å². The Hall–Kier alpha value is -1.46. The summed E-state index contributed by atoms with van der Waals surface area (Å²) in [5.41, 5.74) is 2.45. The zero-order chi connectivity index (χ0) is 12.3. The minimum atomic E-state index is 0.457. The first-order valence-corrected chi connectivity index (χ1v) is 5.80. The first kappa shape index (κ1) is 12.0. The molecule has 0 radical (unpaired) electrons. The van der Waals surface area contributed by atoms with Crippen molar-refractivity contribution in [3.63, 3.8) is 0 Å². The average Bonchev–Trinajstić information content (AvgIpc) is 2.65. The van der Waals surface area contributed by atoms with Crippen molar-refractivity contribution in [2.45, 2.75) is 20.1 Å². The Labute approximate surface area is 105 Å². The third kappa shape index (κ3) is 2.81. The summed E-state index contributed by atoms with van der Waals surface area (Å²) < 4.78 is 7.66. The van der Waals surface area contributed by atoms with Crippen LogP contribution in [0.3, 0.4) is 0 Å². The summed E-state index contributed by atoms with van der Waals surface area (Å²) in [4.78, 5) is 0. The van der Waals surface area contributed by atoms with Crippen LogP contribution in [0, 0.1) is 11.7 Å². The van der Waals surface area contributed by atoms with Crippen molar-refractivity contribution in [1.82, 2.24) is 14.8 Å². The Morgan fingerprint density at radius 2 is 2.06 bits per heavy atom. The van der Waals surface area contributed by atoms with Gasteiger partial charge in [-0.25, -0.2) is 0 Å². The van der Waals surface area contributed by atoms with Gasteiger partial charge in [0.05, 0.1) is 6.54 Å². The Bertz CT molecular complexity index is 542. The van der Waals surface area contributed by atoms with Crippen molar-refractivity contribution in [1.29, 1.82) is 0 Å². The van der Waals surface area contributed by atoms with Gasteiger partial charge in [-0.3, -0.25) is 9.67 Å². The highest BCUT2D eigenvalue weighted by Gasteiger charge is 2.06. The molecule has 0 spiro atoms. The predicted molar refractivity (Wildman–Crippen MR) is 68.4 cm³/mol. The summed E-state index contributed by atoms with van der Waals surface area (Å²) in [5.74, 6) is 0.818. The van der Waals surface area contributed by atoms with E-state index in [0.717, 1.165) is 5.82 Å². The Morgan fingerprint density at radius 3 is 2.71 bits per heavy atom. The number of rotatable bonds is 4. The molecule has 0 aliphatic rings. The molecule has 0 amide bonds. The molecule has 0 aliphatic carbocycles. The average molecular weight is 249 g/mol. The fourth-order valence-electron chi connectivity index (χ4n) is 1.63. The molecule has 0 saturated carbocycles. The van der Waals surface area contributed by atoms with Crippen LogP contribution in [0.2, 0.25) is 0 Å². The quantitative estimate of drug-likeness (QED) is 0.846. The molecule has 2 rings (SSSR count). The number of nitrogens with zero attached hydrogens (tertiary/aromatic N) is 2. The van der Waals surface area contributed by atoms with Crippen LogP contribution in [0.5, 0.6) is 0 Å². The standard InChI is InChI=1S/C12H15N3OS/c1-9-3-5-10(6-4-9)7-15-11(8-16-2)13-14-12(15)17/h3-6H,7-8H2,1-2H3,(H,14,17). The number of aromatic nitrogens is 3. The molecule has 0 bridgehead atoms. The van der Waals surface area contributed by atoms with Gasteiger partial charge < -0.3 is 4.74 Å². The van der Waals surface area contributed by atoms with Gasteiger partial charge in [0.25, 0.3) is 0 Å². The predicted octanol–water partition coefficient (Wildman–Crippen LogP) is 2.44. The van der Waals surface area contributed by atoms with Gasteiger partial charge in [-0.1, -0.05) is 29.8 Å². The van der Waals surface area contributed by atoms with Crippen molar-refractivity contribution < 1.29 is 4.74 Å². The molecule has 0 atom stereocenters. The van der Waals surface area contributed by atoms with E-state index in [1.54, 1.807) is 7.11 Å². The Balaban J connectivity index is 2.26. The lowest BCUT2D eigenvalue weighted by atomic mass is 10.1. The molecular formula is C12H15N3OS. The highest BCUT2D eigenvalue weighted by atomic mass is 32.1. The largest absolute Gasteiger partial charge is 0.377 e. The second kappa shape index (κ2) is 5.25. The molecule has 0 saturated heterocycles. The van der Waals surface area contributed by atoms with Crippen LogP contribution in [0.4, 0.5) is 0 Å². The molecule has 4 nitrogen and oxygen atoms in total. The lowest BCUT2D eigenvalue weighted by Gasteiger charge is -2.06. The first-order valence-electron chi connectivity index (χ1n) is 5.39. The maximum absolute atomic E-state index is 5.20. The zero-order valence-corrected chi connectivity index (χ0v) is 10.8. The van der Waals surface area contributed by atoms with Gasteiger partial charge in [0.1, 0.15) is 6.61 Å². The fraction of sp³-hybridized carbons (Fsp3) is 0.333. The molecule has 0 aliphatic heterocycles. The summed E-state index contributed by atoms with van der Waals surface area (Å²) in [6.45, 7) is 3.25. The summed E-state index contributed by atoms with van der Waals surface area (Å²) in [6, 6.07) is 8.38. The maximum atomic E-state index is 5.20. The van der Waals surface area contributed by atoms with E-state index in [0.29, 0.717) is 17.9 Å². The SMILES string of the molecule is COCc1n[nH]c(=S)n1Cc1ccc(C)cc1. The number of hydrogen-bond acceptors (Lipinski definition) is 3. The smallest absolute Gasteiger partial charge is 0.195 e. The van der Waals surface area contributed by atoms with Crippen LogP contribution in [0.1, 0.15) is 17.0 Å². The van der Waals surface area contributed by atoms with Crippen molar-refractivity contribution in [3.8, 4) is 0 Å². The second-order valence-corrected chi connectivity index (χ2v) is 4.34. The third-order valence-corrected chi connectivity index (χ3v) is 2.88. The van der Waals surface area contributed by atoms with E-state index < -0.39 is 0 Å². The van der Waals surface area contributed by atoms with E-state index in [1.807, 2.05) is 4.57 Å². The highest BCUT2D eigenvalue weighted by molar-refractivity contribution is 7.71. The van der Waals surface area contributed by atoms with Crippen LogP contribution in [-0.4, -0.2) is 21.9 Å². The number of methoxy groups -OCH3 is 1. The van der Waals surface area contributed by atoms with Crippen molar-refractivity contribution in [3.05, 3.63) is 46.0 Å². The van der Waals surface area contributed by atoms with Gasteiger partial charge in [-0.05, 0) is 24.7 Å². The molecule has 17 heavy (non-hydrogen) atoms. The molecule has 5 heteroatoms. The Kier molecular flexibility index (Phi) is 3.71. The van der Waals surface area contributed by atoms with Crippen LogP contribution in [-0.2, 0) is 17.9 Å². The minimum Gasteiger partial charge on any atom is -0.377 e. The second-order valence-electron chi connectivity index (χ2n) is 3.95. The number of ether oxygens (including phenoxy) is 1. The number of aromatic amines is 1. The van der Waals surface area contributed by atoms with Crippen molar-refractivity contribution >= 4 is 12.2 Å². The van der Waals surface area contributed by atoms with Gasteiger partial charge in [0, 0.05) is 7.11 Å². The molecule has 2 aromatic rings. The molecular weight excluding hydrogens is 234 g/mol. The van der Waals surface area contributed by atoms with Crippen molar-refractivity contribution in [2.24, 2.45) is 0 Å². The van der Waals surface area contributed by atoms with Gasteiger partial charge in [0.15, 0.2) is 10.6 Å². The van der Waals surface area contributed by atoms with E-state index in [9.17, 15) is 0 Å². The summed E-state index contributed by atoms with van der Waals surface area (Å²) in [5, 5.41) is 6.93. The molecule has 0 unspecified atom stereocenters. The minimum absolute atomic E-state index is 0.457. The number of aryl methyl sites for hydroxylation is 1. The molecule has 1 N–H and O–H groups in total. The summed E-state index contributed by atoms with van der Waals surface area (Å²) >= 11 is 5.20. The van der Waals surface area contributed by atoms with Crippen LogP contribution < -0.4 is 0 Å². The monoisotopic (exact) mass is 249 g/mol. The zero-order valence-electron chi connectivity index (χ0n) is 9.93. The normalized spacial score (nSPS) is 10.7. The molecule has 1 heterocycles. The lowest BCUT2D eigenvalue weighted by Crippen LogP contribution is -2.06. The van der Waals surface area contributed by atoms with E-state index >= 15 is 0 Å². The molecule has 1 aromatic carbocycles. The third-order valence-electron chi connectivity index (χ3n) is 2.57.